The van der Waals surface area contributed by atoms with E-state index in [0.717, 1.165) is 28.8 Å². The number of nitrogens with one attached hydrogen (secondary N) is 1. The van der Waals surface area contributed by atoms with Gasteiger partial charge < -0.3 is 10.2 Å². The average Bonchev–Trinajstić information content (AvgIpc) is 3.04. The number of anilines is 1. The van der Waals surface area contributed by atoms with Crippen LogP contribution < -0.4 is 9.62 Å². The Morgan fingerprint density at radius 1 is 0.809 bits per heavy atom. The van der Waals surface area contributed by atoms with Crippen molar-refractivity contribution >= 4 is 27.5 Å². The fraction of sp³-hybridized carbons (Fsp3) is 0.278. The molecule has 0 spiro atoms. The molecule has 1 N–H and O–H groups in total. The molecule has 4 aromatic rings. The van der Waals surface area contributed by atoms with E-state index in [1.54, 1.807) is 25.1 Å². The SMILES string of the molecule is CCCNC(=O)[C@H](Cc1ccccc1)N(Cc1cccc(C)c1)C(=O)CN(c1cccc(C(F)(F)F)c1)S(=O)(=O)c1ccc(C)cc1. The molecule has 0 aliphatic rings. The fourth-order valence-electron chi connectivity index (χ4n) is 5.13. The lowest BCUT2D eigenvalue weighted by molar-refractivity contribution is -0.140. The number of benzene rings is 4. The molecule has 0 fully saturated rings. The predicted molar refractivity (Wildman–Crippen MR) is 176 cm³/mol. The van der Waals surface area contributed by atoms with Crippen LogP contribution in [0.15, 0.2) is 108 Å². The first-order valence-corrected chi connectivity index (χ1v) is 16.7. The fourth-order valence-corrected chi connectivity index (χ4v) is 6.54. The highest BCUT2D eigenvalue weighted by Gasteiger charge is 2.36. The second-order valence-corrected chi connectivity index (χ2v) is 13.2. The van der Waals surface area contributed by atoms with Gasteiger partial charge in [-0.2, -0.15) is 13.2 Å². The van der Waals surface area contributed by atoms with Crippen molar-refractivity contribution < 1.29 is 31.2 Å². The molecule has 0 aliphatic heterocycles. The van der Waals surface area contributed by atoms with Gasteiger partial charge in [0, 0.05) is 19.5 Å². The Morgan fingerprint density at radius 3 is 2.11 bits per heavy atom. The zero-order valence-corrected chi connectivity index (χ0v) is 27.3. The van der Waals surface area contributed by atoms with Gasteiger partial charge in [-0.3, -0.25) is 13.9 Å². The zero-order chi connectivity index (χ0) is 34.2. The van der Waals surface area contributed by atoms with Gasteiger partial charge in [-0.25, -0.2) is 8.42 Å². The van der Waals surface area contributed by atoms with Crippen LogP contribution in [0, 0.1) is 13.8 Å². The van der Waals surface area contributed by atoms with Crippen molar-refractivity contribution in [3.63, 3.8) is 0 Å². The number of carbonyl (C=O) groups excluding carboxylic acids is 2. The number of hydrogen-bond acceptors (Lipinski definition) is 4. The first-order chi connectivity index (χ1) is 22.3. The molecule has 0 radical (unpaired) electrons. The lowest BCUT2D eigenvalue weighted by Crippen LogP contribution is -2.53. The minimum atomic E-state index is -4.76. The van der Waals surface area contributed by atoms with Crippen LogP contribution in [-0.2, 0) is 38.8 Å². The van der Waals surface area contributed by atoms with Gasteiger partial charge in [0.2, 0.25) is 11.8 Å². The van der Waals surface area contributed by atoms with Crippen molar-refractivity contribution in [2.75, 3.05) is 17.4 Å². The van der Waals surface area contributed by atoms with E-state index < -0.39 is 46.2 Å². The van der Waals surface area contributed by atoms with E-state index in [1.165, 1.54) is 23.1 Å². The molecule has 7 nitrogen and oxygen atoms in total. The van der Waals surface area contributed by atoms with Gasteiger partial charge in [0.25, 0.3) is 10.0 Å². The molecule has 0 saturated heterocycles. The molecule has 0 unspecified atom stereocenters. The summed E-state index contributed by atoms with van der Waals surface area (Å²) in [5.41, 5.74) is 1.76. The topological polar surface area (TPSA) is 86.8 Å². The summed E-state index contributed by atoms with van der Waals surface area (Å²) in [7, 11) is -4.54. The molecule has 47 heavy (non-hydrogen) atoms. The van der Waals surface area contributed by atoms with Gasteiger partial charge >= 0.3 is 6.18 Å². The van der Waals surface area contributed by atoms with E-state index in [0.29, 0.717) is 28.9 Å². The lowest BCUT2D eigenvalue weighted by atomic mass is 10.0. The number of alkyl halides is 3. The van der Waals surface area contributed by atoms with E-state index in [2.05, 4.69) is 5.32 Å². The number of nitrogens with zero attached hydrogens (tertiary/aromatic N) is 2. The molecule has 0 aliphatic carbocycles. The summed E-state index contributed by atoms with van der Waals surface area (Å²) < 4.78 is 70.2. The number of rotatable bonds is 13. The molecular formula is C36H38F3N3O4S. The second-order valence-electron chi connectivity index (χ2n) is 11.4. The second kappa shape index (κ2) is 15.3. The predicted octanol–water partition coefficient (Wildman–Crippen LogP) is 6.68. The third kappa shape index (κ3) is 9.22. The van der Waals surface area contributed by atoms with Crippen LogP contribution in [-0.4, -0.2) is 44.3 Å². The first-order valence-electron chi connectivity index (χ1n) is 15.2. The minimum absolute atomic E-state index is 0.0431. The maximum absolute atomic E-state index is 14.5. The Labute approximate surface area is 274 Å². The highest BCUT2D eigenvalue weighted by molar-refractivity contribution is 7.92. The number of halogens is 3. The number of aryl methyl sites for hydroxylation is 2. The molecule has 1 atom stereocenters. The maximum atomic E-state index is 14.5. The normalized spacial score (nSPS) is 12.3. The molecular weight excluding hydrogens is 627 g/mol. The Morgan fingerprint density at radius 2 is 1.47 bits per heavy atom. The van der Waals surface area contributed by atoms with E-state index in [4.69, 9.17) is 0 Å². The van der Waals surface area contributed by atoms with Gasteiger partial charge in [-0.05, 0) is 61.7 Å². The Bertz CT molecular complexity index is 1780. The summed E-state index contributed by atoms with van der Waals surface area (Å²) in [6.45, 7) is 5.01. The van der Waals surface area contributed by atoms with Crippen LogP contribution >= 0.6 is 0 Å². The standard InChI is InChI=1S/C36H38F3N3O4S/c1-4-20-40-35(44)33(22-28-11-6-5-7-12-28)41(24-29-13-8-10-27(3)21-29)34(43)25-42(31-15-9-14-30(23-31)36(37,38)39)47(45,46)32-18-16-26(2)17-19-32/h5-19,21,23,33H,4,20,22,24-25H2,1-3H3,(H,40,44)/t33-/m0/s1. The largest absolute Gasteiger partial charge is 0.416 e. The van der Waals surface area contributed by atoms with Crippen molar-refractivity contribution in [1.82, 2.24) is 10.2 Å². The highest BCUT2D eigenvalue weighted by atomic mass is 32.2. The van der Waals surface area contributed by atoms with Crippen molar-refractivity contribution in [2.45, 2.75) is 57.3 Å². The van der Waals surface area contributed by atoms with Crippen LogP contribution in [0.5, 0.6) is 0 Å². The Hall–Kier alpha value is -4.64. The van der Waals surface area contributed by atoms with Crippen molar-refractivity contribution in [1.29, 1.82) is 0 Å². The molecule has 0 bridgehead atoms. The van der Waals surface area contributed by atoms with Gasteiger partial charge in [-0.1, -0.05) is 90.8 Å². The number of sulfonamides is 1. The van der Waals surface area contributed by atoms with Crippen LogP contribution in [0.2, 0.25) is 0 Å². The summed E-state index contributed by atoms with van der Waals surface area (Å²) in [6.07, 6.45) is -3.98. The molecule has 4 rings (SSSR count). The molecule has 248 valence electrons. The maximum Gasteiger partial charge on any atom is 0.416 e. The smallest absolute Gasteiger partial charge is 0.354 e. The number of amides is 2. The highest BCUT2D eigenvalue weighted by Crippen LogP contribution is 2.33. The summed E-state index contributed by atoms with van der Waals surface area (Å²) in [6, 6.07) is 25.1. The third-order valence-electron chi connectivity index (χ3n) is 7.61. The van der Waals surface area contributed by atoms with Crippen molar-refractivity contribution in [3.05, 3.63) is 131 Å². The van der Waals surface area contributed by atoms with Crippen molar-refractivity contribution in [3.8, 4) is 0 Å². The molecule has 0 heterocycles. The van der Waals surface area contributed by atoms with Crippen LogP contribution in [0.4, 0.5) is 18.9 Å². The molecule has 4 aromatic carbocycles. The number of carbonyl (C=O) groups is 2. The molecule has 0 aromatic heterocycles. The van der Waals surface area contributed by atoms with Crippen LogP contribution in [0.25, 0.3) is 0 Å². The van der Waals surface area contributed by atoms with Crippen LogP contribution in [0.1, 0.15) is 41.2 Å². The summed E-state index contributed by atoms with van der Waals surface area (Å²) in [5, 5.41) is 2.87. The third-order valence-corrected chi connectivity index (χ3v) is 9.39. The van der Waals surface area contributed by atoms with Gasteiger partial charge in [0.1, 0.15) is 12.6 Å². The summed E-state index contributed by atoms with van der Waals surface area (Å²) >= 11 is 0. The van der Waals surface area contributed by atoms with Gasteiger partial charge in [0.15, 0.2) is 0 Å². The Balaban J connectivity index is 1.84. The summed E-state index contributed by atoms with van der Waals surface area (Å²) in [4.78, 5) is 29.3. The van der Waals surface area contributed by atoms with E-state index in [9.17, 15) is 31.2 Å². The molecule has 0 saturated carbocycles. The van der Waals surface area contributed by atoms with Gasteiger partial charge in [-0.15, -0.1) is 0 Å². The molecule has 2 amide bonds. The van der Waals surface area contributed by atoms with E-state index >= 15 is 0 Å². The zero-order valence-electron chi connectivity index (χ0n) is 26.5. The first kappa shape index (κ1) is 35.2. The Kier molecular flexibility index (Phi) is 11.5. The monoisotopic (exact) mass is 665 g/mol. The van der Waals surface area contributed by atoms with E-state index in [-0.39, 0.29) is 23.5 Å². The van der Waals surface area contributed by atoms with Crippen LogP contribution in [0.3, 0.4) is 0 Å². The van der Waals surface area contributed by atoms with E-state index in [1.807, 2.05) is 62.4 Å². The lowest BCUT2D eigenvalue weighted by Gasteiger charge is -2.34. The number of hydrogen-bond donors (Lipinski definition) is 1. The summed E-state index contributed by atoms with van der Waals surface area (Å²) in [5.74, 6) is -1.18. The molecule has 11 heteroatoms. The minimum Gasteiger partial charge on any atom is -0.354 e. The van der Waals surface area contributed by atoms with Crippen molar-refractivity contribution in [2.24, 2.45) is 0 Å². The average molecular weight is 666 g/mol. The quantitative estimate of drug-likeness (QED) is 0.173. The van der Waals surface area contributed by atoms with Gasteiger partial charge in [0.05, 0.1) is 16.1 Å².